The number of piperidine rings is 1. The first-order valence-corrected chi connectivity index (χ1v) is 7.96. The van der Waals surface area contributed by atoms with Crippen molar-refractivity contribution in [1.82, 2.24) is 5.32 Å². The van der Waals surface area contributed by atoms with Crippen LogP contribution in [0.2, 0.25) is 0 Å². The van der Waals surface area contributed by atoms with Gasteiger partial charge >= 0.3 is 0 Å². The van der Waals surface area contributed by atoms with Crippen LogP contribution in [-0.2, 0) is 0 Å². The number of fused-ring (bicyclic) bond motifs is 1. The molecule has 0 bridgehead atoms. The van der Waals surface area contributed by atoms with Crippen molar-refractivity contribution in [2.45, 2.75) is 65.0 Å². The van der Waals surface area contributed by atoms with Gasteiger partial charge in [-0.3, -0.25) is 0 Å². The molecule has 2 heteroatoms. The van der Waals surface area contributed by atoms with Gasteiger partial charge in [0.25, 0.3) is 0 Å². The standard InChI is InChI=1S/C15H30NP/c1-5-7-13(3,10-14(4,17)6-2)15-8-12(15)9-16-11-15/h12,16H,5-11,17H2,1-4H3. The third-order valence-electron chi connectivity index (χ3n) is 5.67. The summed E-state index contributed by atoms with van der Waals surface area (Å²) >= 11 is 0. The Morgan fingerprint density at radius 3 is 2.47 bits per heavy atom. The molecule has 1 aliphatic carbocycles. The van der Waals surface area contributed by atoms with E-state index in [4.69, 9.17) is 0 Å². The topological polar surface area (TPSA) is 12.0 Å². The second kappa shape index (κ2) is 4.49. The summed E-state index contributed by atoms with van der Waals surface area (Å²) in [6.45, 7) is 12.2. The van der Waals surface area contributed by atoms with Gasteiger partial charge in [-0.2, -0.15) is 0 Å². The van der Waals surface area contributed by atoms with E-state index < -0.39 is 0 Å². The Kier molecular flexibility index (Phi) is 3.65. The van der Waals surface area contributed by atoms with Crippen molar-refractivity contribution in [2.24, 2.45) is 16.7 Å². The Balaban J connectivity index is 2.15. The second-order valence-electron chi connectivity index (χ2n) is 7.18. The van der Waals surface area contributed by atoms with Crippen LogP contribution in [0.4, 0.5) is 0 Å². The van der Waals surface area contributed by atoms with Crippen LogP contribution in [0.15, 0.2) is 0 Å². The van der Waals surface area contributed by atoms with Gasteiger partial charge in [0.1, 0.15) is 0 Å². The quantitative estimate of drug-likeness (QED) is 0.711. The second-order valence-corrected chi connectivity index (χ2v) is 8.58. The Morgan fingerprint density at radius 2 is 2.06 bits per heavy atom. The molecule has 100 valence electrons. The van der Waals surface area contributed by atoms with Crippen molar-refractivity contribution in [3.05, 3.63) is 0 Å². The van der Waals surface area contributed by atoms with E-state index in [9.17, 15) is 0 Å². The van der Waals surface area contributed by atoms with Crippen molar-refractivity contribution in [2.75, 3.05) is 13.1 Å². The van der Waals surface area contributed by atoms with Crippen molar-refractivity contribution >= 4 is 9.24 Å². The zero-order valence-electron chi connectivity index (χ0n) is 12.1. The maximum absolute atomic E-state index is 3.62. The van der Waals surface area contributed by atoms with Crippen molar-refractivity contribution in [1.29, 1.82) is 0 Å². The van der Waals surface area contributed by atoms with Crippen LogP contribution in [0.3, 0.4) is 0 Å². The van der Waals surface area contributed by atoms with Gasteiger partial charge in [-0.25, -0.2) is 0 Å². The Labute approximate surface area is 110 Å². The van der Waals surface area contributed by atoms with E-state index in [1.54, 1.807) is 0 Å². The van der Waals surface area contributed by atoms with Gasteiger partial charge in [-0.1, -0.05) is 34.1 Å². The summed E-state index contributed by atoms with van der Waals surface area (Å²) in [6, 6.07) is 0. The highest BCUT2D eigenvalue weighted by molar-refractivity contribution is 7.18. The Bertz CT molecular complexity index is 289. The third-order valence-corrected chi connectivity index (χ3v) is 6.28. The van der Waals surface area contributed by atoms with E-state index in [0.29, 0.717) is 16.0 Å². The lowest BCUT2D eigenvalue weighted by atomic mass is 9.65. The summed E-state index contributed by atoms with van der Waals surface area (Å²) in [5, 5.41) is 4.05. The zero-order chi connectivity index (χ0) is 12.7. The minimum atomic E-state index is 0.425. The third kappa shape index (κ3) is 2.30. The highest BCUT2D eigenvalue weighted by atomic mass is 31.0. The van der Waals surface area contributed by atoms with Crippen LogP contribution < -0.4 is 5.32 Å². The monoisotopic (exact) mass is 255 g/mol. The molecule has 1 nitrogen and oxygen atoms in total. The smallest absolute Gasteiger partial charge is 0.00164 e. The first-order chi connectivity index (χ1) is 7.89. The largest absolute Gasteiger partial charge is 0.316 e. The molecule has 0 spiro atoms. The highest BCUT2D eigenvalue weighted by Gasteiger charge is 2.66. The van der Waals surface area contributed by atoms with E-state index in [1.807, 2.05) is 0 Å². The van der Waals surface area contributed by atoms with E-state index in [1.165, 1.54) is 45.2 Å². The van der Waals surface area contributed by atoms with Crippen molar-refractivity contribution < 1.29 is 0 Å². The molecular formula is C15H30NP. The number of hydrogen-bond donors (Lipinski definition) is 1. The molecule has 1 heterocycles. The van der Waals surface area contributed by atoms with Crippen LogP contribution in [0.1, 0.15) is 59.8 Å². The molecular weight excluding hydrogens is 225 g/mol. The van der Waals surface area contributed by atoms with E-state index in [0.717, 1.165) is 5.92 Å². The first kappa shape index (κ1) is 13.8. The molecule has 0 aromatic heterocycles. The average Bonchev–Trinajstić information content (AvgIpc) is 2.82. The molecule has 0 radical (unpaired) electrons. The maximum Gasteiger partial charge on any atom is 0.00164 e. The minimum absolute atomic E-state index is 0.425. The summed E-state index contributed by atoms with van der Waals surface area (Å²) in [5.74, 6) is 0.983. The number of hydrogen-bond acceptors (Lipinski definition) is 1. The fourth-order valence-corrected chi connectivity index (χ4v) is 4.82. The van der Waals surface area contributed by atoms with Crippen LogP contribution in [0.25, 0.3) is 0 Å². The summed E-state index contributed by atoms with van der Waals surface area (Å²) in [7, 11) is 3.12. The normalized spacial score (nSPS) is 38.3. The molecule has 1 saturated carbocycles. The van der Waals surface area contributed by atoms with Crippen molar-refractivity contribution in [3.8, 4) is 0 Å². The fourth-order valence-electron chi connectivity index (χ4n) is 4.37. The van der Waals surface area contributed by atoms with Crippen LogP contribution in [0, 0.1) is 16.7 Å². The average molecular weight is 255 g/mol. The molecule has 1 saturated heterocycles. The molecule has 1 N–H and O–H groups in total. The molecule has 1 aliphatic heterocycles. The molecule has 0 amide bonds. The summed E-state index contributed by atoms with van der Waals surface area (Å²) in [4.78, 5) is 0. The predicted octanol–water partition coefficient (Wildman–Crippen LogP) is 3.84. The van der Waals surface area contributed by atoms with Crippen LogP contribution in [-0.4, -0.2) is 18.2 Å². The molecule has 0 aromatic carbocycles. The first-order valence-electron chi connectivity index (χ1n) is 7.39. The molecule has 2 fully saturated rings. The number of rotatable bonds is 6. The van der Waals surface area contributed by atoms with Crippen molar-refractivity contribution in [3.63, 3.8) is 0 Å². The van der Waals surface area contributed by atoms with Gasteiger partial charge in [0.15, 0.2) is 0 Å². The molecule has 5 atom stereocenters. The fraction of sp³-hybridized carbons (Fsp3) is 1.00. The van der Waals surface area contributed by atoms with Gasteiger partial charge in [-0.05, 0) is 54.1 Å². The summed E-state index contributed by atoms with van der Waals surface area (Å²) in [6.07, 6.45) is 6.85. The van der Waals surface area contributed by atoms with Gasteiger partial charge in [-0.15, -0.1) is 9.24 Å². The summed E-state index contributed by atoms with van der Waals surface area (Å²) in [5.41, 5.74) is 1.19. The SMILES string of the molecule is CCCC(C)(CC(C)(P)CC)C12CNCC1C2. The Hall–Kier alpha value is 0.390. The highest BCUT2D eigenvalue weighted by Crippen LogP contribution is 2.68. The molecule has 17 heavy (non-hydrogen) atoms. The van der Waals surface area contributed by atoms with E-state index >= 15 is 0 Å². The predicted molar refractivity (Wildman–Crippen MR) is 79.4 cm³/mol. The lowest BCUT2D eigenvalue weighted by Gasteiger charge is -2.43. The number of nitrogens with one attached hydrogen (secondary N) is 1. The van der Waals surface area contributed by atoms with E-state index in [2.05, 4.69) is 42.3 Å². The van der Waals surface area contributed by atoms with Gasteiger partial charge in [0, 0.05) is 6.54 Å². The van der Waals surface area contributed by atoms with Gasteiger partial charge in [0.05, 0.1) is 0 Å². The van der Waals surface area contributed by atoms with Gasteiger partial charge in [0.2, 0.25) is 0 Å². The lowest BCUT2D eigenvalue weighted by molar-refractivity contribution is 0.114. The maximum atomic E-state index is 3.62. The summed E-state index contributed by atoms with van der Waals surface area (Å²) < 4.78 is 0. The minimum Gasteiger partial charge on any atom is -0.316 e. The lowest BCUT2D eigenvalue weighted by Crippen LogP contribution is -2.38. The van der Waals surface area contributed by atoms with Gasteiger partial charge < -0.3 is 5.32 Å². The zero-order valence-corrected chi connectivity index (χ0v) is 13.3. The van der Waals surface area contributed by atoms with Crippen LogP contribution in [0.5, 0.6) is 0 Å². The molecule has 2 rings (SSSR count). The van der Waals surface area contributed by atoms with E-state index in [-0.39, 0.29) is 0 Å². The Morgan fingerprint density at radius 1 is 1.35 bits per heavy atom. The van der Waals surface area contributed by atoms with Crippen LogP contribution >= 0.6 is 9.24 Å². The molecule has 2 aliphatic rings. The molecule has 5 unspecified atom stereocenters. The molecule has 0 aromatic rings.